The van der Waals surface area contributed by atoms with Crippen LogP contribution >= 0.6 is 0 Å². The van der Waals surface area contributed by atoms with E-state index < -0.39 is 40.9 Å². The Morgan fingerprint density at radius 2 is 1.77 bits per heavy atom. The molecule has 0 aromatic carbocycles. The standard InChI is InChI=1S/C32H42O8/c1-4-38-29(37)40-32(26(35)19-39-27(36)12-9-20-7-5-6-8-20)16-14-24-23-11-10-21-17-22(33)13-15-30(21,2)28(23)25(34)18-31(24,32)3/h13,15,17,20,23-24,28H,4-12,14,16,18-19H2,1-3H3/t23-,24-,28+,30-,31-,32-/m0/s1. The molecule has 8 nitrogen and oxygen atoms in total. The molecule has 4 saturated carbocycles. The smallest absolute Gasteiger partial charge is 0.457 e. The summed E-state index contributed by atoms with van der Waals surface area (Å²) in [5, 5.41) is 0. The maximum atomic E-state index is 14.0. The minimum atomic E-state index is -1.62. The molecule has 218 valence electrons. The number of esters is 1. The van der Waals surface area contributed by atoms with Crippen LogP contribution in [0.4, 0.5) is 4.79 Å². The van der Waals surface area contributed by atoms with Gasteiger partial charge < -0.3 is 14.2 Å². The normalized spacial score (nSPS) is 36.8. The Bertz CT molecular complexity index is 1150. The van der Waals surface area contributed by atoms with Crippen LogP contribution in [0.5, 0.6) is 0 Å². The predicted molar refractivity (Wildman–Crippen MR) is 145 cm³/mol. The summed E-state index contributed by atoms with van der Waals surface area (Å²) in [5.74, 6) is -0.821. The van der Waals surface area contributed by atoms with Gasteiger partial charge in [0.2, 0.25) is 5.78 Å². The molecule has 0 heterocycles. The summed E-state index contributed by atoms with van der Waals surface area (Å²) in [6.07, 6.45) is 12.1. The molecule has 0 radical (unpaired) electrons. The molecule has 5 rings (SSSR count). The second-order valence-electron chi connectivity index (χ2n) is 13.0. The fourth-order valence-corrected chi connectivity index (χ4v) is 8.95. The van der Waals surface area contributed by atoms with Gasteiger partial charge in [-0.2, -0.15) is 0 Å². The van der Waals surface area contributed by atoms with Crippen molar-refractivity contribution >= 4 is 29.5 Å². The van der Waals surface area contributed by atoms with Gasteiger partial charge in [0.25, 0.3) is 0 Å². The summed E-state index contributed by atoms with van der Waals surface area (Å²) in [5.41, 5.74) is -2.13. The first-order chi connectivity index (χ1) is 19.0. The monoisotopic (exact) mass is 554 g/mol. The van der Waals surface area contributed by atoms with Crippen molar-refractivity contribution in [1.29, 1.82) is 0 Å². The maximum Gasteiger partial charge on any atom is 0.509 e. The second kappa shape index (κ2) is 10.9. The Kier molecular flexibility index (Phi) is 7.83. The van der Waals surface area contributed by atoms with E-state index in [4.69, 9.17) is 14.2 Å². The fourth-order valence-electron chi connectivity index (χ4n) is 8.95. The molecule has 0 bridgehead atoms. The zero-order chi connectivity index (χ0) is 28.7. The van der Waals surface area contributed by atoms with Crippen molar-refractivity contribution < 1.29 is 38.2 Å². The summed E-state index contributed by atoms with van der Waals surface area (Å²) in [6.45, 7) is 5.16. The average molecular weight is 555 g/mol. The van der Waals surface area contributed by atoms with Gasteiger partial charge >= 0.3 is 12.1 Å². The molecule has 5 aliphatic carbocycles. The van der Waals surface area contributed by atoms with E-state index in [0.29, 0.717) is 18.8 Å². The first-order valence-electron chi connectivity index (χ1n) is 15.1. The molecule has 0 unspecified atom stereocenters. The van der Waals surface area contributed by atoms with E-state index in [0.717, 1.165) is 31.3 Å². The van der Waals surface area contributed by atoms with E-state index in [2.05, 4.69) is 0 Å². The second-order valence-corrected chi connectivity index (χ2v) is 13.0. The predicted octanol–water partition coefficient (Wildman–Crippen LogP) is 5.47. The Morgan fingerprint density at radius 1 is 1.02 bits per heavy atom. The number of hydrogen-bond donors (Lipinski definition) is 0. The van der Waals surface area contributed by atoms with Gasteiger partial charge in [-0.25, -0.2) is 4.79 Å². The quantitative estimate of drug-likeness (QED) is 0.363. The molecule has 4 fully saturated rings. The van der Waals surface area contributed by atoms with Crippen LogP contribution in [0.1, 0.15) is 91.4 Å². The highest BCUT2D eigenvalue weighted by Gasteiger charge is 2.70. The van der Waals surface area contributed by atoms with Crippen molar-refractivity contribution in [3.8, 4) is 0 Å². The molecule has 40 heavy (non-hydrogen) atoms. The first kappa shape index (κ1) is 28.7. The van der Waals surface area contributed by atoms with Gasteiger partial charge in [0.1, 0.15) is 5.78 Å². The van der Waals surface area contributed by atoms with Gasteiger partial charge in [0.15, 0.2) is 18.0 Å². The summed E-state index contributed by atoms with van der Waals surface area (Å²) in [6, 6.07) is 0. The molecule has 0 aromatic rings. The molecular formula is C32H42O8. The number of carbonyl (C=O) groups excluding carboxylic acids is 5. The molecule has 0 aliphatic heterocycles. The summed E-state index contributed by atoms with van der Waals surface area (Å²) < 4.78 is 16.4. The highest BCUT2D eigenvalue weighted by atomic mass is 16.7. The van der Waals surface area contributed by atoms with Gasteiger partial charge in [0, 0.05) is 29.6 Å². The van der Waals surface area contributed by atoms with Gasteiger partial charge in [0.05, 0.1) is 6.61 Å². The van der Waals surface area contributed by atoms with Crippen molar-refractivity contribution in [2.45, 2.75) is 97.0 Å². The Labute approximate surface area is 236 Å². The number of hydrogen-bond acceptors (Lipinski definition) is 8. The van der Waals surface area contributed by atoms with E-state index in [-0.39, 0.29) is 55.2 Å². The van der Waals surface area contributed by atoms with Gasteiger partial charge in [-0.1, -0.05) is 51.2 Å². The molecule has 5 aliphatic rings. The van der Waals surface area contributed by atoms with Crippen LogP contribution in [-0.2, 0) is 33.4 Å². The maximum absolute atomic E-state index is 14.0. The third kappa shape index (κ3) is 4.75. The van der Waals surface area contributed by atoms with E-state index in [1.807, 2.05) is 19.9 Å². The van der Waals surface area contributed by atoms with Gasteiger partial charge in [-0.15, -0.1) is 0 Å². The number of allylic oxidation sites excluding steroid dienone is 4. The summed E-state index contributed by atoms with van der Waals surface area (Å²) >= 11 is 0. The summed E-state index contributed by atoms with van der Waals surface area (Å²) in [7, 11) is 0. The lowest BCUT2D eigenvalue weighted by Gasteiger charge is -2.57. The molecular weight excluding hydrogens is 512 g/mol. The van der Waals surface area contributed by atoms with Crippen LogP contribution in [0.3, 0.4) is 0 Å². The van der Waals surface area contributed by atoms with Crippen LogP contribution in [0.25, 0.3) is 0 Å². The lowest BCUT2D eigenvalue weighted by atomic mass is 9.46. The highest BCUT2D eigenvalue weighted by molar-refractivity contribution is 6.02. The third-order valence-electron chi connectivity index (χ3n) is 10.9. The van der Waals surface area contributed by atoms with E-state index in [1.54, 1.807) is 19.1 Å². The summed E-state index contributed by atoms with van der Waals surface area (Å²) in [4.78, 5) is 65.3. The molecule has 8 heteroatoms. The number of Topliss-reactive ketones (excluding diaryl/α,β-unsaturated/α-hetero) is 2. The van der Waals surface area contributed by atoms with Gasteiger partial charge in [-0.3, -0.25) is 19.2 Å². The topological polar surface area (TPSA) is 113 Å². The van der Waals surface area contributed by atoms with Crippen molar-refractivity contribution in [3.63, 3.8) is 0 Å². The molecule has 0 spiro atoms. The number of ether oxygens (including phenoxy) is 3. The minimum absolute atomic E-state index is 0.0101. The molecule has 0 amide bonds. The minimum Gasteiger partial charge on any atom is -0.457 e. The van der Waals surface area contributed by atoms with Crippen molar-refractivity contribution in [3.05, 3.63) is 23.8 Å². The third-order valence-corrected chi connectivity index (χ3v) is 10.9. The molecule has 0 N–H and O–H groups in total. The zero-order valence-corrected chi connectivity index (χ0v) is 24.0. The Hall–Kier alpha value is -2.77. The Morgan fingerprint density at radius 3 is 2.50 bits per heavy atom. The number of ketones is 3. The lowest BCUT2D eigenvalue weighted by molar-refractivity contribution is -0.176. The number of fused-ring (bicyclic) bond motifs is 5. The van der Waals surface area contributed by atoms with Crippen molar-refractivity contribution in [1.82, 2.24) is 0 Å². The van der Waals surface area contributed by atoms with Crippen LogP contribution < -0.4 is 0 Å². The highest BCUT2D eigenvalue weighted by Crippen LogP contribution is 2.67. The SMILES string of the molecule is CCOC(=O)O[C@]1(C(=O)COC(=O)CCC2CCCC2)CC[C@H]2[C@@H]3CCC4=CC(=O)C=C[C@]4(C)[C@H]3C(=O)C[C@@]21C. The van der Waals surface area contributed by atoms with E-state index in [9.17, 15) is 24.0 Å². The van der Waals surface area contributed by atoms with Crippen LogP contribution in [0.15, 0.2) is 23.8 Å². The van der Waals surface area contributed by atoms with Crippen LogP contribution in [0.2, 0.25) is 0 Å². The number of carbonyl (C=O) groups is 5. The van der Waals surface area contributed by atoms with E-state index in [1.165, 1.54) is 12.8 Å². The number of rotatable bonds is 8. The molecule has 0 saturated heterocycles. The van der Waals surface area contributed by atoms with Gasteiger partial charge in [-0.05, 0) is 68.9 Å². The average Bonchev–Trinajstić information content (AvgIpc) is 3.53. The van der Waals surface area contributed by atoms with Crippen molar-refractivity contribution in [2.24, 2.45) is 34.5 Å². The lowest BCUT2D eigenvalue weighted by Crippen LogP contribution is -2.62. The van der Waals surface area contributed by atoms with Crippen LogP contribution in [0, 0.1) is 34.5 Å². The molecule has 6 atom stereocenters. The Balaban J connectivity index is 1.38. The fraction of sp³-hybridized carbons (Fsp3) is 0.719. The van der Waals surface area contributed by atoms with Crippen molar-refractivity contribution in [2.75, 3.05) is 13.2 Å². The molecule has 0 aromatic heterocycles. The first-order valence-corrected chi connectivity index (χ1v) is 15.1. The largest absolute Gasteiger partial charge is 0.509 e. The van der Waals surface area contributed by atoms with E-state index >= 15 is 0 Å². The zero-order valence-electron chi connectivity index (χ0n) is 24.0. The van der Waals surface area contributed by atoms with Crippen LogP contribution in [-0.4, -0.2) is 48.3 Å².